The lowest BCUT2D eigenvalue weighted by Crippen LogP contribution is -2.63. The van der Waals surface area contributed by atoms with Crippen molar-refractivity contribution in [1.82, 2.24) is 55.6 Å². The highest BCUT2D eigenvalue weighted by atomic mass is 16.3. The molecule has 85 heavy (non-hydrogen) atoms. The molecule has 1 heterocycles. The van der Waals surface area contributed by atoms with E-state index in [0.717, 1.165) is 9.80 Å². The maximum Gasteiger partial charge on any atom is 0.246 e. The van der Waals surface area contributed by atoms with Gasteiger partial charge in [-0.3, -0.25) is 52.7 Å². The second-order valence-electron chi connectivity index (χ2n) is 26.1. The van der Waals surface area contributed by atoms with Crippen LogP contribution in [0.2, 0.25) is 0 Å². The summed E-state index contributed by atoms with van der Waals surface area (Å²) in [6.07, 6.45) is 3.04. The molecule has 0 spiro atoms. The molecule has 1 rings (SSSR count). The largest absolute Gasteiger partial charge is 0.390 e. The van der Waals surface area contributed by atoms with Gasteiger partial charge in [-0.2, -0.15) is 0 Å². The average Bonchev–Trinajstić information content (AvgIpc) is 3.62. The van der Waals surface area contributed by atoms with Crippen molar-refractivity contribution in [2.45, 2.75) is 223 Å². The van der Waals surface area contributed by atoms with Crippen molar-refractivity contribution in [2.75, 3.05) is 55.9 Å². The highest BCUT2D eigenvalue weighted by molar-refractivity contribution is 5.99. The summed E-state index contributed by atoms with van der Waals surface area (Å²) in [5.41, 5.74) is 0. The zero-order valence-electron chi connectivity index (χ0n) is 56.1. The molecule has 11 amide bonds. The molecule has 23 heteroatoms. The molecule has 0 unspecified atom stereocenters. The maximum atomic E-state index is 15.1. The molecule has 0 aromatic carbocycles. The molecular formula is C62H111N11O12. The highest BCUT2D eigenvalue weighted by Crippen LogP contribution is 2.26. The highest BCUT2D eigenvalue weighted by Gasteiger charge is 2.45. The Labute approximate surface area is 508 Å². The SMILES string of the molecule is CC=CC[C@@H](C)[C@@H](O)[C@@H]1C(=O)N[C@H](CC)C(=O)N(C)CC(=O)N(C)[C@@H](CC(C)C)C(=O)N[C@H](C(C)C)C(=O)N(C)[C@H](CC(C)C)C(=O)N[C@H](C)C(=O)N[C@@H](C)C(=O)N(C)[C@H](CC(C)C)C(=O)N(C)[C@H](CC(C)C)C(=O)N(C)[C@H](C(C)C)C(=O)N1C. The lowest BCUT2D eigenvalue weighted by atomic mass is 9.91. The summed E-state index contributed by atoms with van der Waals surface area (Å²) in [6.45, 7) is 29.3. The molecule has 1 saturated heterocycles. The lowest BCUT2D eigenvalue weighted by molar-refractivity contribution is -0.157. The number of allylic oxidation sites excluding steroid dienone is 2. The van der Waals surface area contributed by atoms with Crippen LogP contribution in [0, 0.1) is 41.4 Å². The Bertz CT molecular complexity index is 2330. The second kappa shape index (κ2) is 34.9. The van der Waals surface area contributed by atoms with Crippen LogP contribution in [-0.2, 0) is 52.7 Å². The number of hydrogen-bond acceptors (Lipinski definition) is 12. The third-order valence-electron chi connectivity index (χ3n) is 16.1. The molecule has 1 aliphatic rings. The number of nitrogens with zero attached hydrogens (tertiary/aromatic N) is 7. The number of likely N-dealkylation sites (N-methyl/N-ethyl adjacent to an activating group) is 7. The molecule has 486 valence electrons. The van der Waals surface area contributed by atoms with E-state index in [1.165, 1.54) is 87.7 Å². The van der Waals surface area contributed by atoms with E-state index in [1.54, 1.807) is 54.5 Å². The van der Waals surface area contributed by atoms with Gasteiger partial charge in [0.1, 0.15) is 60.4 Å². The van der Waals surface area contributed by atoms with E-state index in [2.05, 4.69) is 21.3 Å². The number of carbonyl (C=O) groups is 11. The van der Waals surface area contributed by atoms with E-state index in [9.17, 15) is 48.3 Å². The average molecular weight is 1200 g/mol. The summed E-state index contributed by atoms with van der Waals surface area (Å²) in [7, 11) is 9.92. The first-order valence-electron chi connectivity index (χ1n) is 30.6. The van der Waals surface area contributed by atoms with Gasteiger partial charge in [0.05, 0.1) is 12.6 Å². The van der Waals surface area contributed by atoms with Crippen molar-refractivity contribution < 1.29 is 57.8 Å². The molecule has 23 nitrogen and oxygen atoms in total. The van der Waals surface area contributed by atoms with E-state index >= 15 is 9.59 Å². The summed E-state index contributed by atoms with van der Waals surface area (Å²) < 4.78 is 0. The van der Waals surface area contributed by atoms with Gasteiger partial charge < -0.3 is 60.7 Å². The first kappa shape index (κ1) is 76.9. The van der Waals surface area contributed by atoms with Gasteiger partial charge in [-0.05, 0) is 101 Å². The van der Waals surface area contributed by atoms with Gasteiger partial charge in [-0.15, -0.1) is 0 Å². The van der Waals surface area contributed by atoms with Crippen molar-refractivity contribution >= 4 is 65.0 Å². The summed E-state index contributed by atoms with van der Waals surface area (Å²) in [4.78, 5) is 169. The van der Waals surface area contributed by atoms with Gasteiger partial charge in [-0.1, -0.05) is 109 Å². The van der Waals surface area contributed by atoms with Gasteiger partial charge in [-0.25, -0.2) is 0 Å². The van der Waals surface area contributed by atoms with Gasteiger partial charge in [0.15, 0.2) is 0 Å². The molecule has 0 aromatic heterocycles. The van der Waals surface area contributed by atoms with Crippen LogP contribution in [0.3, 0.4) is 0 Å². The smallest absolute Gasteiger partial charge is 0.246 e. The number of aliphatic hydroxyl groups excluding tert-OH is 1. The Balaban J connectivity index is 4.32. The Hall–Kier alpha value is -6.13. The molecule has 1 aliphatic heterocycles. The van der Waals surface area contributed by atoms with Crippen molar-refractivity contribution in [3.05, 3.63) is 12.2 Å². The van der Waals surface area contributed by atoms with Crippen LogP contribution in [-0.4, -0.2) is 227 Å². The number of rotatable bonds is 15. The standard InChI is InChI=1S/C62H111N11O12/c1-25-27-28-40(15)52(75)51-56(79)65-43(26-2)58(81)67(18)33-48(74)68(19)44(29-34(3)4)55(78)66-49(38(11)12)61(84)69(20)45(30-35(5)6)54(77)63-41(16)53(76)64-42(17)57(80)70(21)46(31-36(7)8)59(82)71(22)47(32-37(9)10)60(83)72(23)50(39(13)14)62(85)73(51)24/h25,27,34-47,49-52,75H,26,28-33H2,1-24H3,(H,63,77)(H,64,76)(H,65,79)(H,66,78)/t40-,41-,42+,43-,44+,45-,46-,47-,49-,50-,51-,52-/m1/s1. The van der Waals surface area contributed by atoms with Crippen molar-refractivity contribution in [3.8, 4) is 0 Å². The maximum absolute atomic E-state index is 15.1. The minimum absolute atomic E-state index is 0.0229. The third kappa shape index (κ3) is 21.7. The molecular weight excluding hydrogens is 1090 g/mol. The Morgan fingerprint density at radius 1 is 0.459 bits per heavy atom. The molecule has 0 aromatic rings. The number of carbonyl (C=O) groups excluding carboxylic acids is 11. The molecule has 1 fully saturated rings. The van der Waals surface area contributed by atoms with E-state index in [1.807, 2.05) is 61.5 Å². The molecule has 0 bridgehead atoms. The van der Waals surface area contributed by atoms with Crippen LogP contribution in [0.15, 0.2) is 12.2 Å². The van der Waals surface area contributed by atoms with Gasteiger partial charge >= 0.3 is 0 Å². The Morgan fingerprint density at radius 3 is 1.32 bits per heavy atom. The number of amides is 11. The minimum atomic E-state index is -1.61. The van der Waals surface area contributed by atoms with Gasteiger partial charge in [0.25, 0.3) is 0 Å². The van der Waals surface area contributed by atoms with Gasteiger partial charge in [0, 0.05) is 49.3 Å². The van der Waals surface area contributed by atoms with Crippen LogP contribution in [0.4, 0.5) is 0 Å². The molecule has 0 aliphatic carbocycles. The first-order chi connectivity index (χ1) is 39.2. The summed E-state index contributed by atoms with van der Waals surface area (Å²) >= 11 is 0. The predicted octanol–water partition coefficient (Wildman–Crippen LogP) is 3.27. The van der Waals surface area contributed by atoms with E-state index < -0.39 is 156 Å². The van der Waals surface area contributed by atoms with E-state index in [-0.39, 0.29) is 55.8 Å². The number of aliphatic hydroxyl groups is 1. The summed E-state index contributed by atoms with van der Waals surface area (Å²) in [6, 6.07) is -12.3. The molecule has 0 radical (unpaired) electrons. The monoisotopic (exact) mass is 1200 g/mol. The lowest BCUT2D eigenvalue weighted by Gasteiger charge is -2.41. The van der Waals surface area contributed by atoms with Crippen LogP contribution in [0.1, 0.15) is 156 Å². The normalized spacial score (nSPS) is 26.9. The Kier molecular flexibility index (Phi) is 31.5. The zero-order valence-corrected chi connectivity index (χ0v) is 56.1. The van der Waals surface area contributed by atoms with Gasteiger partial charge in [0.2, 0.25) is 65.0 Å². The fraction of sp³-hybridized carbons (Fsp3) is 0.790. The van der Waals surface area contributed by atoms with Crippen molar-refractivity contribution in [2.24, 2.45) is 41.4 Å². The quantitative estimate of drug-likeness (QED) is 0.148. The first-order valence-corrected chi connectivity index (χ1v) is 30.6. The van der Waals surface area contributed by atoms with Crippen LogP contribution in [0.25, 0.3) is 0 Å². The summed E-state index contributed by atoms with van der Waals surface area (Å²) in [5.74, 6) is -9.71. The molecule has 0 saturated carbocycles. The third-order valence-corrected chi connectivity index (χ3v) is 16.1. The van der Waals surface area contributed by atoms with Crippen molar-refractivity contribution in [1.29, 1.82) is 0 Å². The zero-order chi connectivity index (χ0) is 66.0. The van der Waals surface area contributed by atoms with Crippen LogP contribution < -0.4 is 21.3 Å². The van der Waals surface area contributed by atoms with Crippen LogP contribution >= 0.6 is 0 Å². The minimum Gasteiger partial charge on any atom is -0.390 e. The van der Waals surface area contributed by atoms with E-state index in [0.29, 0.717) is 6.42 Å². The fourth-order valence-corrected chi connectivity index (χ4v) is 10.7. The van der Waals surface area contributed by atoms with Crippen molar-refractivity contribution in [3.63, 3.8) is 0 Å². The molecule has 5 N–H and O–H groups in total. The molecule has 12 atom stereocenters. The number of nitrogens with one attached hydrogen (secondary N) is 4. The topological polar surface area (TPSA) is 279 Å². The summed E-state index contributed by atoms with van der Waals surface area (Å²) in [5, 5.41) is 23.1. The predicted molar refractivity (Wildman–Crippen MR) is 328 cm³/mol. The van der Waals surface area contributed by atoms with E-state index in [4.69, 9.17) is 0 Å². The number of hydrogen-bond donors (Lipinski definition) is 5. The second-order valence-corrected chi connectivity index (χ2v) is 26.1. The fourth-order valence-electron chi connectivity index (χ4n) is 10.7. The van der Waals surface area contributed by atoms with Crippen LogP contribution in [0.5, 0.6) is 0 Å². The Morgan fingerprint density at radius 2 is 0.871 bits per heavy atom.